The lowest BCUT2D eigenvalue weighted by molar-refractivity contribution is -0.148. The van der Waals surface area contributed by atoms with Crippen LogP contribution in [0.4, 0.5) is 0 Å². The molecule has 3 atom stereocenters. The van der Waals surface area contributed by atoms with Crippen molar-refractivity contribution in [1.29, 1.82) is 0 Å². The van der Waals surface area contributed by atoms with E-state index in [1.807, 2.05) is 0 Å². The van der Waals surface area contributed by atoms with Crippen molar-refractivity contribution in [3.05, 3.63) is 0 Å². The van der Waals surface area contributed by atoms with Gasteiger partial charge in [-0.2, -0.15) is 0 Å². The number of morpholine rings is 1. The average molecular weight is 281 g/mol. The summed E-state index contributed by atoms with van der Waals surface area (Å²) in [6.07, 6.45) is 10.9. The second-order valence-electron chi connectivity index (χ2n) is 6.39. The monoisotopic (exact) mass is 281 g/mol. The minimum Gasteiger partial charge on any atom is -0.374 e. The predicted molar refractivity (Wildman–Crippen MR) is 81.6 cm³/mol. The van der Waals surface area contributed by atoms with Gasteiger partial charge in [-0.1, -0.05) is 39.5 Å². The third kappa shape index (κ3) is 3.75. The zero-order chi connectivity index (χ0) is 14.4. The van der Waals surface area contributed by atoms with Crippen LogP contribution in [0.3, 0.4) is 0 Å². The van der Waals surface area contributed by atoms with E-state index < -0.39 is 0 Å². The smallest absolute Gasteiger partial charge is 0.226 e. The van der Waals surface area contributed by atoms with E-state index in [0.29, 0.717) is 18.1 Å². The fraction of sp³-hybridized carbons (Fsp3) is 0.941. The number of fused-ring (bicyclic) bond motifs is 1. The Kier molecular flexibility index (Phi) is 6.34. The van der Waals surface area contributed by atoms with Crippen LogP contribution in [0.2, 0.25) is 0 Å². The van der Waals surface area contributed by atoms with E-state index in [2.05, 4.69) is 18.7 Å². The normalized spacial score (nSPS) is 27.4. The first-order valence-corrected chi connectivity index (χ1v) is 8.70. The van der Waals surface area contributed by atoms with Gasteiger partial charge >= 0.3 is 0 Å². The van der Waals surface area contributed by atoms with E-state index in [1.165, 1.54) is 32.1 Å². The summed E-state index contributed by atoms with van der Waals surface area (Å²) >= 11 is 0. The van der Waals surface area contributed by atoms with Gasteiger partial charge < -0.3 is 9.64 Å². The van der Waals surface area contributed by atoms with E-state index in [0.717, 1.165) is 38.8 Å². The molecule has 3 nitrogen and oxygen atoms in total. The van der Waals surface area contributed by atoms with Crippen LogP contribution in [0, 0.1) is 5.92 Å². The van der Waals surface area contributed by atoms with Gasteiger partial charge in [0.25, 0.3) is 0 Å². The summed E-state index contributed by atoms with van der Waals surface area (Å²) in [7, 11) is 0. The third-order valence-electron chi connectivity index (χ3n) is 5.01. The van der Waals surface area contributed by atoms with Gasteiger partial charge in [0.1, 0.15) is 0 Å². The zero-order valence-corrected chi connectivity index (χ0v) is 13.3. The minimum absolute atomic E-state index is 0.242. The molecule has 3 heteroatoms. The summed E-state index contributed by atoms with van der Waals surface area (Å²) in [5, 5.41) is 0. The summed E-state index contributed by atoms with van der Waals surface area (Å²) in [5.74, 6) is 0.649. The first-order valence-electron chi connectivity index (χ1n) is 8.70. The van der Waals surface area contributed by atoms with Crippen molar-refractivity contribution in [3.63, 3.8) is 0 Å². The van der Waals surface area contributed by atoms with Crippen molar-refractivity contribution in [3.8, 4) is 0 Å². The van der Waals surface area contributed by atoms with Gasteiger partial charge in [-0.15, -0.1) is 0 Å². The first kappa shape index (κ1) is 15.8. The molecule has 0 radical (unpaired) electrons. The number of hydrogen-bond donors (Lipinski definition) is 0. The van der Waals surface area contributed by atoms with Gasteiger partial charge in [0.15, 0.2) is 0 Å². The van der Waals surface area contributed by atoms with Gasteiger partial charge in [0.05, 0.1) is 18.8 Å². The lowest BCUT2D eigenvalue weighted by atomic mass is 9.95. The number of amides is 1. The molecule has 0 aromatic heterocycles. The summed E-state index contributed by atoms with van der Waals surface area (Å²) in [5.41, 5.74) is 0. The molecule has 20 heavy (non-hydrogen) atoms. The number of carbonyl (C=O) groups is 1. The highest BCUT2D eigenvalue weighted by Crippen LogP contribution is 2.31. The molecule has 2 fully saturated rings. The number of carbonyl (C=O) groups excluding carboxylic acids is 1. The van der Waals surface area contributed by atoms with Gasteiger partial charge in [-0.3, -0.25) is 4.79 Å². The Bertz CT molecular complexity index is 305. The van der Waals surface area contributed by atoms with Crippen LogP contribution in [0.15, 0.2) is 0 Å². The molecule has 2 aliphatic rings. The quantitative estimate of drug-likeness (QED) is 0.665. The molecule has 1 amide bonds. The number of nitrogens with zero attached hydrogens (tertiary/aromatic N) is 1. The molecule has 0 unspecified atom stereocenters. The summed E-state index contributed by atoms with van der Waals surface area (Å²) in [6.45, 7) is 5.94. The Labute approximate surface area is 124 Å². The fourth-order valence-corrected chi connectivity index (χ4v) is 3.75. The molecule has 116 valence electrons. The molecule has 1 aliphatic carbocycles. The van der Waals surface area contributed by atoms with Gasteiger partial charge in [0, 0.05) is 12.5 Å². The molecular weight excluding hydrogens is 250 g/mol. The molecule has 0 bridgehead atoms. The molecule has 0 aromatic carbocycles. The fourth-order valence-electron chi connectivity index (χ4n) is 3.75. The third-order valence-corrected chi connectivity index (χ3v) is 5.01. The first-order chi connectivity index (χ1) is 9.77. The van der Waals surface area contributed by atoms with Crippen LogP contribution in [0.1, 0.15) is 71.6 Å². The van der Waals surface area contributed by atoms with Crippen molar-refractivity contribution < 1.29 is 9.53 Å². The molecule has 1 heterocycles. The van der Waals surface area contributed by atoms with Crippen molar-refractivity contribution in [2.45, 2.75) is 83.8 Å². The largest absolute Gasteiger partial charge is 0.374 e. The van der Waals surface area contributed by atoms with Gasteiger partial charge in [-0.25, -0.2) is 0 Å². The van der Waals surface area contributed by atoms with E-state index in [9.17, 15) is 4.79 Å². The summed E-state index contributed by atoms with van der Waals surface area (Å²) in [4.78, 5) is 15.0. The Morgan fingerprint density at radius 2 is 2.10 bits per heavy atom. The highest BCUT2D eigenvalue weighted by molar-refractivity contribution is 5.79. The molecule has 1 saturated heterocycles. The minimum atomic E-state index is 0.242. The van der Waals surface area contributed by atoms with Crippen LogP contribution in [-0.4, -0.2) is 36.1 Å². The summed E-state index contributed by atoms with van der Waals surface area (Å²) < 4.78 is 5.81. The van der Waals surface area contributed by atoms with Crippen molar-refractivity contribution >= 4 is 5.91 Å². The molecule has 2 rings (SSSR count). The molecule has 0 aromatic rings. The van der Waals surface area contributed by atoms with Crippen molar-refractivity contribution in [2.24, 2.45) is 5.92 Å². The van der Waals surface area contributed by atoms with E-state index in [1.54, 1.807) is 0 Å². The lowest BCUT2D eigenvalue weighted by Crippen LogP contribution is -2.53. The van der Waals surface area contributed by atoms with Crippen LogP contribution in [0.5, 0.6) is 0 Å². The topological polar surface area (TPSA) is 29.5 Å². The number of hydrogen-bond acceptors (Lipinski definition) is 2. The Morgan fingerprint density at radius 3 is 2.85 bits per heavy atom. The van der Waals surface area contributed by atoms with Gasteiger partial charge in [0.2, 0.25) is 5.91 Å². The Hall–Kier alpha value is -0.570. The SMILES string of the molecule is CCCCCC[C@@H](CC)C(=O)N1CCO[C@H]2CCC[C@H]21. The Balaban J connectivity index is 1.86. The molecule has 0 spiro atoms. The number of unbranched alkanes of at least 4 members (excludes halogenated alkanes) is 3. The van der Waals surface area contributed by atoms with Crippen LogP contribution in [-0.2, 0) is 9.53 Å². The van der Waals surface area contributed by atoms with Gasteiger partial charge in [-0.05, 0) is 32.1 Å². The predicted octanol–water partition coefficient (Wildman–Crippen LogP) is 3.76. The van der Waals surface area contributed by atoms with Crippen molar-refractivity contribution in [2.75, 3.05) is 13.2 Å². The van der Waals surface area contributed by atoms with E-state index in [4.69, 9.17) is 4.74 Å². The maximum atomic E-state index is 12.8. The van der Waals surface area contributed by atoms with E-state index >= 15 is 0 Å². The molecular formula is C17H31NO2. The second-order valence-corrected chi connectivity index (χ2v) is 6.39. The summed E-state index contributed by atoms with van der Waals surface area (Å²) in [6, 6.07) is 0.376. The lowest BCUT2D eigenvalue weighted by Gasteiger charge is -2.39. The standard InChI is InChI=1S/C17H31NO2/c1-3-5-6-7-9-14(4-2)17(19)18-12-13-20-16-11-8-10-15(16)18/h14-16H,3-13H2,1-2H3/t14-,15-,16+/m1/s1. The molecule has 1 saturated carbocycles. The van der Waals surface area contributed by atoms with Crippen LogP contribution in [0.25, 0.3) is 0 Å². The maximum Gasteiger partial charge on any atom is 0.226 e. The molecule has 1 aliphatic heterocycles. The number of rotatable bonds is 7. The number of ether oxygens (including phenoxy) is 1. The Morgan fingerprint density at radius 1 is 1.25 bits per heavy atom. The highest BCUT2D eigenvalue weighted by atomic mass is 16.5. The molecule has 0 N–H and O–H groups in total. The van der Waals surface area contributed by atoms with Crippen LogP contribution >= 0.6 is 0 Å². The van der Waals surface area contributed by atoms with E-state index in [-0.39, 0.29) is 5.92 Å². The van der Waals surface area contributed by atoms with Crippen molar-refractivity contribution in [1.82, 2.24) is 4.90 Å². The maximum absolute atomic E-state index is 12.8. The highest BCUT2D eigenvalue weighted by Gasteiger charge is 2.39. The zero-order valence-electron chi connectivity index (χ0n) is 13.3. The van der Waals surface area contributed by atoms with Crippen LogP contribution < -0.4 is 0 Å². The average Bonchev–Trinajstić information content (AvgIpc) is 2.95. The second kappa shape index (κ2) is 8.02.